The summed E-state index contributed by atoms with van der Waals surface area (Å²) in [4.78, 5) is 18.9. The Morgan fingerprint density at radius 2 is 1.69 bits per heavy atom. The molecule has 1 unspecified atom stereocenters. The molecule has 7 aliphatic rings. The Balaban J connectivity index is 1.16. The van der Waals surface area contributed by atoms with Crippen LogP contribution in [0.3, 0.4) is 0 Å². The molecule has 0 aromatic rings. The van der Waals surface area contributed by atoms with E-state index in [9.17, 15) is 15.0 Å². The third-order valence-electron chi connectivity index (χ3n) is 14.0. The smallest absolute Gasteiger partial charge is 0.316 e. The topological polar surface area (TPSA) is 162 Å². The number of hydrogen-bond donors (Lipinski definition) is 2. The number of aliphatic hydroxyl groups excluding tert-OH is 1. The summed E-state index contributed by atoms with van der Waals surface area (Å²) in [6, 6.07) is 0. The van der Waals surface area contributed by atoms with Crippen LogP contribution in [0.15, 0.2) is 64.2 Å². The fourth-order valence-corrected chi connectivity index (χ4v) is 10.5. The van der Waals surface area contributed by atoms with Gasteiger partial charge in [0.2, 0.25) is 0 Å². The number of hydrogen-bond acceptors (Lipinski definition) is 14. The van der Waals surface area contributed by atoms with E-state index in [0.717, 1.165) is 17.7 Å². The van der Waals surface area contributed by atoms with E-state index < -0.39 is 72.5 Å². The molecule has 6 heterocycles. The lowest BCUT2D eigenvalue weighted by molar-refractivity contribution is -0.302. The van der Waals surface area contributed by atoms with E-state index in [1.807, 2.05) is 39.0 Å². The lowest BCUT2D eigenvalue weighted by atomic mass is 9.71. The minimum atomic E-state index is -1.82. The number of ether oxygens (including phenoxy) is 10. The molecule has 0 aromatic carbocycles. The third-order valence-corrected chi connectivity index (χ3v) is 14.0. The second-order valence-corrected chi connectivity index (χ2v) is 18.3. The number of carbonyl (C=O) groups is 1. The van der Waals surface area contributed by atoms with Gasteiger partial charge in [-0.15, -0.1) is 0 Å². The number of fused-ring (bicyclic) bond motifs is 2. The molecule has 14 nitrogen and oxygen atoms in total. The fraction of sp³-hybridized carbons (Fsp3) is 0.750. The van der Waals surface area contributed by atoms with Crippen LogP contribution in [-0.2, 0) is 52.2 Å². The molecule has 4 saturated heterocycles. The van der Waals surface area contributed by atoms with Crippen LogP contribution in [0.2, 0.25) is 0 Å². The molecule has 7 rings (SSSR count). The standard InChI is InChI=1S/C48H71NO13/c1-11-36-26(3)18-19-47(62-36)24-34-21-33(61-47)17-16-28(5)43(27(4)14-13-15-32-25-55-45-42(50)29(6)20-35(46(51)58-34)48(32,45)52)59-40-23-38(54-10)44(31(8)57-40)60-39-22-37(53-9)41(49-12-2)30(7)56-39/h13-16,18-20,26-27,30-31,33-40,42-45,50,52H,11-12,17,21-25H2,1-10H3/b14-13+,28-16+,32-15+,49-41+/t26-,27-,30-,31-,33+,34-,35-,36+,37-,38-,39-,40-,42+,43-,44-,45+,47?,48+/m0/s1. The van der Waals surface area contributed by atoms with Gasteiger partial charge in [-0.2, -0.15) is 0 Å². The molecular formula is C48H71NO13. The van der Waals surface area contributed by atoms with Crippen molar-refractivity contribution in [2.75, 3.05) is 27.4 Å². The van der Waals surface area contributed by atoms with E-state index in [4.69, 9.17) is 47.4 Å². The summed E-state index contributed by atoms with van der Waals surface area (Å²) in [5.41, 5.74) is 1.06. The van der Waals surface area contributed by atoms with Crippen molar-refractivity contribution in [3.05, 3.63) is 59.3 Å². The number of esters is 1. The quantitative estimate of drug-likeness (QED) is 0.221. The lowest BCUT2D eigenvalue weighted by Crippen LogP contribution is -2.58. The normalized spacial score (nSPS) is 48.1. The van der Waals surface area contributed by atoms with E-state index in [0.29, 0.717) is 49.8 Å². The molecule has 346 valence electrons. The Labute approximate surface area is 367 Å². The highest BCUT2D eigenvalue weighted by atomic mass is 16.7. The first kappa shape index (κ1) is 47.4. The zero-order valence-corrected chi connectivity index (χ0v) is 38.3. The largest absolute Gasteiger partial charge is 0.462 e. The average molecular weight is 870 g/mol. The van der Waals surface area contributed by atoms with Gasteiger partial charge in [-0.1, -0.05) is 57.2 Å². The second-order valence-electron chi connectivity index (χ2n) is 18.3. The highest BCUT2D eigenvalue weighted by Gasteiger charge is 2.60. The van der Waals surface area contributed by atoms with Gasteiger partial charge in [0, 0.05) is 58.3 Å². The van der Waals surface area contributed by atoms with Crippen molar-refractivity contribution in [1.29, 1.82) is 0 Å². The predicted molar refractivity (Wildman–Crippen MR) is 230 cm³/mol. The van der Waals surface area contributed by atoms with Gasteiger partial charge in [-0.3, -0.25) is 9.79 Å². The van der Waals surface area contributed by atoms with Crippen LogP contribution in [-0.4, -0.2) is 140 Å². The van der Waals surface area contributed by atoms with Crippen molar-refractivity contribution in [2.45, 2.75) is 185 Å². The SMILES string of the molecule is CC/N=C1\[C@H](C)O[C@@H](O[C@H]2[C@H](C)O[C@@H](O[C@@H]3/C(C)=C/C[C@@H]4C[C@@H](CC5(C=C[C@H](C)[C@@H](CC)O5)O4)OC(=O)[C@@H]4C=C(C)[C@@H](O)[C@H]5OC/C(=C\C=C\[C@@H]3C)[C@]54O)C[C@@H]2OC)C[C@@H]1OC. The molecule has 1 spiro atoms. The molecule has 2 bridgehead atoms. The summed E-state index contributed by atoms with van der Waals surface area (Å²) < 4.78 is 64.1. The van der Waals surface area contributed by atoms with Crippen molar-refractivity contribution in [2.24, 2.45) is 22.7 Å². The Morgan fingerprint density at radius 3 is 2.42 bits per heavy atom. The third kappa shape index (κ3) is 9.67. The van der Waals surface area contributed by atoms with Crippen LogP contribution in [0.25, 0.3) is 0 Å². The molecule has 6 aliphatic heterocycles. The zero-order valence-electron chi connectivity index (χ0n) is 38.3. The second kappa shape index (κ2) is 19.9. The highest BCUT2D eigenvalue weighted by Crippen LogP contribution is 2.47. The molecule has 0 radical (unpaired) electrons. The highest BCUT2D eigenvalue weighted by molar-refractivity contribution is 5.93. The van der Waals surface area contributed by atoms with Crippen molar-refractivity contribution < 1.29 is 62.4 Å². The zero-order chi connectivity index (χ0) is 44.5. The van der Waals surface area contributed by atoms with Crippen molar-refractivity contribution in [3.8, 4) is 0 Å². The fourth-order valence-electron chi connectivity index (χ4n) is 10.5. The van der Waals surface area contributed by atoms with Crippen LogP contribution in [0.4, 0.5) is 0 Å². The Morgan fingerprint density at radius 1 is 0.919 bits per heavy atom. The van der Waals surface area contributed by atoms with Gasteiger partial charge >= 0.3 is 5.97 Å². The van der Waals surface area contributed by atoms with Crippen LogP contribution < -0.4 is 0 Å². The van der Waals surface area contributed by atoms with E-state index in [-0.39, 0.29) is 49.0 Å². The Hall–Kier alpha value is -2.60. The molecule has 14 heteroatoms. The van der Waals surface area contributed by atoms with Crippen molar-refractivity contribution in [3.63, 3.8) is 0 Å². The maximum absolute atomic E-state index is 14.3. The summed E-state index contributed by atoms with van der Waals surface area (Å²) in [6.07, 6.45) is 10.1. The van der Waals surface area contributed by atoms with Crippen LogP contribution in [0.1, 0.15) is 93.9 Å². The van der Waals surface area contributed by atoms with Crippen LogP contribution in [0, 0.1) is 17.8 Å². The van der Waals surface area contributed by atoms with Crippen LogP contribution >= 0.6 is 0 Å². The summed E-state index contributed by atoms with van der Waals surface area (Å²) in [6.45, 7) is 16.7. The van der Waals surface area contributed by atoms with Crippen molar-refractivity contribution >= 4 is 11.7 Å². The van der Waals surface area contributed by atoms with E-state index >= 15 is 0 Å². The van der Waals surface area contributed by atoms with Gasteiger partial charge in [-0.05, 0) is 70.3 Å². The molecule has 0 amide bonds. The van der Waals surface area contributed by atoms with Crippen LogP contribution in [0.5, 0.6) is 0 Å². The summed E-state index contributed by atoms with van der Waals surface area (Å²) in [5.74, 6) is -2.75. The van der Waals surface area contributed by atoms with E-state index in [1.54, 1.807) is 33.3 Å². The number of methoxy groups -OCH3 is 2. The summed E-state index contributed by atoms with van der Waals surface area (Å²) in [7, 11) is 3.36. The first-order valence-electron chi connectivity index (χ1n) is 22.8. The number of allylic oxidation sites excluding steroid dienone is 2. The van der Waals surface area contributed by atoms with Gasteiger partial charge in [-0.25, -0.2) is 0 Å². The lowest BCUT2D eigenvalue weighted by Gasteiger charge is -2.47. The minimum Gasteiger partial charge on any atom is -0.462 e. The first-order chi connectivity index (χ1) is 29.6. The molecule has 1 aliphatic carbocycles. The van der Waals surface area contributed by atoms with Gasteiger partial charge in [0.25, 0.3) is 0 Å². The van der Waals surface area contributed by atoms with E-state index in [2.05, 4.69) is 44.8 Å². The molecule has 2 N–H and O–H groups in total. The molecule has 0 aromatic heterocycles. The number of rotatable bonds is 8. The number of aliphatic hydroxyl groups is 2. The maximum Gasteiger partial charge on any atom is 0.316 e. The molecule has 4 fully saturated rings. The number of aliphatic imine (C=N–C) groups is 1. The van der Waals surface area contributed by atoms with Crippen molar-refractivity contribution in [1.82, 2.24) is 0 Å². The number of nitrogens with zero attached hydrogens (tertiary/aromatic N) is 1. The van der Waals surface area contributed by atoms with Gasteiger partial charge < -0.3 is 57.6 Å². The minimum absolute atomic E-state index is 0.0399. The first-order valence-corrected chi connectivity index (χ1v) is 22.8. The Kier molecular flexibility index (Phi) is 15.2. The summed E-state index contributed by atoms with van der Waals surface area (Å²) in [5, 5.41) is 23.7. The molecular weight excluding hydrogens is 799 g/mol. The van der Waals surface area contributed by atoms with E-state index in [1.165, 1.54) is 0 Å². The maximum atomic E-state index is 14.3. The monoisotopic (exact) mass is 869 g/mol. The van der Waals surface area contributed by atoms with Gasteiger partial charge in [0.05, 0.1) is 48.9 Å². The molecule has 0 saturated carbocycles. The molecule has 62 heavy (non-hydrogen) atoms. The van der Waals surface area contributed by atoms with Gasteiger partial charge in [0.15, 0.2) is 18.4 Å². The number of carbonyl (C=O) groups excluding carboxylic acids is 1. The summed E-state index contributed by atoms with van der Waals surface area (Å²) >= 11 is 0. The predicted octanol–water partition coefficient (Wildman–Crippen LogP) is 5.84. The Bertz CT molecular complexity index is 1780. The van der Waals surface area contributed by atoms with Gasteiger partial charge in [0.1, 0.15) is 42.0 Å². The average Bonchev–Trinajstić information content (AvgIpc) is 3.58. The molecule has 18 atom stereocenters.